The van der Waals surface area contributed by atoms with Crippen LogP contribution in [0.25, 0.3) is 11.0 Å². The van der Waals surface area contributed by atoms with Crippen LogP contribution in [-0.2, 0) is 47.7 Å². The Morgan fingerprint density at radius 2 is 1.16 bits per heavy atom. The number of aliphatic carboxylic acids is 2. The van der Waals surface area contributed by atoms with E-state index in [0.717, 1.165) is 41.5 Å². The average Bonchev–Trinajstić information content (AvgIpc) is 1.67. The summed E-state index contributed by atoms with van der Waals surface area (Å²) in [6, 6.07) is 7.19. The van der Waals surface area contributed by atoms with Gasteiger partial charge in [-0.3, -0.25) is 23.7 Å². The third-order valence-corrected chi connectivity index (χ3v) is 16.6. The topological polar surface area (TPSA) is 245 Å². The van der Waals surface area contributed by atoms with E-state index in [9.17, 15) is 79.2 Å². The molecule has 10 atom stereocenters. The number of ether oxygens (including phenoxy) is 1. The molecule has 4 aromatic rings. The van der Waals surface area contributed by atoms with Gasteiger partial charge >= 0.3 is 24.3 Å². The summed E-state index contributed by atoms with van der Waals surface area (Å²) in [5.41, 5.74) is -4.33. The molecule has 10 rings (SSSR count). The van der Waals surface area contributed by atoms with Crippen LogP contribution in [-0.4, -0.2) is 131 Å². The summed E-state index contributed by atoms with van der Waals surface area (Å²) in [7, 11) is 0. The van der Waals surface area contributed by atoms with Gasteiger partial charge in [-0.15, -0.1) is 0 Å². The molecule has 458 valence electrons. The van der Waals surface area contributed by atoms with Crippen LogP contribution >= 0.6 is 0 Å². The van der Waals surface area contributed by atoms with Gasteiger partial charge in [-0.05, 0) is 107 Å². The number of halogens is 8. The highest BCUT2D eigenvalue weighted by molar-refractivity contribution is 5.97. The molecule has 0 bridgehead atoms. The summed E-state index contributed by atoms with van der Waals surface area (Å²) in [4.78, 5) is 86.2. The van der Waals surface area contributed by atoms with Gasteiger partial charge in [0.05, 0.1) is 34.8 Å². The number of nitrogens with zero attached hydrogens (tertiary/aromatic N) is 4. The van der Waals surface area contributed by atoms with Crippen LogP contribution in [0.5, 0.6) is 6.01 Å². The smallest absolute Gasteiger partial charge is 0.416 e. The molecule has 4 amide bonds. The van der Waals surface area contributed by atoms with Gasteiger partial charge in [-0.1, -0.05) is 62.1 Å². The Balaban J connectivity index is 0.000000211. The number of aliphatic hydroxyl groups excluding tert-OH is 1. The van der Waals surface area contributed by atoms with E-state index in [0.29, 0.717) is 74.8 Å². The fourth-order valence-corrected chi connectivity index (χ4v) is 11.9. The molecule has 6 aliphatic rings. The quantitative estimate of drug-likeness (QED) is 0.0614. The van der Waals surface area contributed by atoms with Gasteiger partial charge in [-0.2, -0.15) is 31.3 Å². The number of nitrogens with one attached hydrogen (secondary N) is 4. The molecule has 2 aliphatic carbocycles. The minimum absolute atomic E-state index is 0.0194. The number of benzene rings is 3. The Hall–Kier alpha value is -7.77. The largest absolute Gasteiger partial charge is 0.479 e. The van der Waals surface area contributed by atoms with Crippen molar-refractivity contribution in [3.05, 3.63) is 108 Å². The zero-order chi connectivity index (χ0) is 61.2. The molecule has 5 heterocycles. The number of carbonyl (C=O) groups excluding carboxylic acids is 4. The number of hydrogen-bond donors (Lipinski definition) is 7. The first-order valence-corrected chi connectivity index (χ1v) is 28.4. The second-order valence-corrected chi connectivity index (χ2v) is 22.6. The number of rotatable bonds is 9. The molecular weight excluding hydrogens is 1130 g/mol. The van der Waals surface area contributed by atoms with Crippen molar-refractivity contribution in [1.29, 1.82) is 0 Å². The molecule has 2 saturated carbocycles. The predicted octanol–water partition coefficient (Wildman–Crippen LogP) is 8.59. The molecule has 0 spiro atoms. The van der Waals surface area contributed by atoms with Gasteiger partial charge < -0.3 is 51.1 Å². The molecule has 0 radical (unpaired) electrons. The Morgan fingerprint density at radius 1 is 0.682 bits per heavy atom. The number of hydrogen-bond acceptors (Lipinski definition) is 11. The van der Waals surface area contributed by atoms with Crippen LogP contribution in [0.3, 0.4) is 0 Å². The van der Waals surface area contributed by atoms with Crippen molar-refractivity contribution in [1.82, 2.24) is 30.0 Å². The molecule has 3 aromatic carbocycles. The first-order valence-electron chi connectivity index (χ1n) is 28.4. The first-order chi connectivity index (χ1) is 40.3. The lowest BCUT2D eigenvalue weighted by molar-refractivity contribution is -0.146. The molecule has 7 N–H and O–H groups in total. The highest BCUT2D eigenvalue weighted by atomic mass is 19.4. The first kappa shape index (κ1) is 61.8. The van der Waals surface area contributed by atoms with E-state index in [-0.39, 0.29) is 68.9 Å². The summed E-state index contributed by atoms with van der Waals surface area (Å²) in [6.45, 7) is 2.19. The number of fused-ring (bicyclic) bond motifs is 5. The maximum atomic E-state index is 14.3. The molecule has 1 aromatic heterocycles. The van der Waals surface area contributed by atoms with Crippen LogP contribution in [0.2, 0.25) is 0 Å². The van der Waals surface area contributed by atoms with Gasteiger partial charge in [0, 0.05) is 49.1 Å². The zero-order valence-corrected chi connectivity index (χ0v) is 46.2. The molecule has 4 fully saturated rings. The SMILES string of the molecule is CCn1c(O[C@@H]2C[C@H]3C(=O)N[C@]4(C(=O)O)C[C@H]4/C=C\CCCCC[C@H](Nc4cc(F)cc(C(F)(F)F)c4)C(=O)N3C2)nc2ccccc21.O=C1N[C@]2(C(=O)O)C[C@H]2/C=C\CCCCC[C@H](Nc2cc(F)cc(C(F)(F)F)c2)C(=O)N2C[C@H](O)C[C@@H]12. The average molecular weight is 1200 g/mol. The number of anilines is 2. The molecule has 18 nitrogen and oxygen atoms in total. The maximum Gasteiger partial charge on any atom is 0.416 e. The second-order valence-electron chi connectivity index (χ2n) is 22.6. The maximum absolute atomic E-state index is 14.3. The van der Waals surface area contributed by atoms with Crippen molar-refractivity contribution in [2.75, 3.05) is 23.7 Å². The highest BCUT2D eigenvalue weighted by Crippen LogP contribution is 2.47. The van der Waals surface area contributed by atoms with Crippen molar-refractivity contribution in [2.24, 2.45) is 11.8 Å². The number of imidazole rings is 1. The van der Waals surface area contributed by atoms with Crippen LogP contribution < -0.4 is 26.0 Å². The third kappa shape index (κ3) is 14.0. The third-order valence-electron chi connectivity index (χ3n) is 16.6. The van der Waals surface area contributed by atoms with E-state index in [4.69, 9.17) is 4.74 Å². The van der Waals surface area contributed by atoms with Gasteiger partial charge in [0.1, 0.15) is 53.0 Å². The number of carboxylic acids is 2. The van der Waals surface area contributed by atoms with Crippen molar-refractivity contribution >= 4 is 58.0 Å². The minimum atomic E-state index is -4.81. The minimum Gasteiger partial charge on any atom is -0.479 e. The number of aromatic nitrogens is 2. The van der Waals surface area contributed by atoms with E-state index in [1.807, 2.05) is 47.9 Å². The number of aliphatic hydroxyl groups is 1. The summed E-state index contributed by atoms with van der Waals surface area (Å²) in [5.74, 6) is -8.03. The Bertz CT molecular complexity index is 3250. The monoisotopic (exact) mass is 1200 g/mol. The highest BCUT2D eigenvalue weighted by Gasteiger charge is 2.63. The van der Waals surface area contributed by atoms with Gasteiger partial charge in [0.25, 0.3) is 6.01 Å². The van der Waals surface area contributed by atoms with Gasteiger partial charge in [0.15, 0.2) is 0 Å². The predicted molar refractivity (Wildman–Crippen MR) is 291 cm³/mol. The number of carbonyl (C=O) groups is 6. The summed E-state index contributed by atoms with van der Waals surface area (Å²) in [5, 5.41) is 40.9. The normalized spacial score (nSPS) is 29.3. The molecule has 2 saturated heterocycles. The van der Waals surface area contributed by atoms with Crippen LogP contribution in [0, 0.1) is 23.5 Å². The van der Waals surface area contributed by atoms with Crippen molar-refractivity contribution in [3.63, 3.8) is 0 Å². The molecule has 4 aliphatic heterocycles. The van der Waals surface area contributed by atoms with E-state index < -0.39 is 124 Å². The van der Waals surface area contributed by atoms with E-state index in [1.165, 1.54) is 4.90 Å². The number of allylic oxidation sites excluding steroid dienone is 2. The van der Waals surface area contributed by atoms with E-state index in [2.05, 4.69) is 26.3 Å². The van der Waals surface area contributed by atoms with Crippen molar-refractivity contribution in [2.45, 2.75) is 163 Å². The van der Waals surface area contributed by atoms with Crippen molar-refractivity contribution in [3.8, 4) is 6.01 Å². The van der Waals surface area contributed by atoms with E-state index >= 15 is 0 Å². The number of aryl methyl sites for hydroxylation is 1. The second kappa shape index (κ2) is 25.1. The van der Waals surface area contributed by atoms with Crippen LogP contribution in [0.4, 0.5) is 46.5 Å². The molecule has 26 heteroatoms. The van der Waals surface area contributed by atoms with Crippen molar-refractivity contribution < 1.29 is 83.9 Å². The fourth-order valence-electron chi connectivity index (χ4n) is 11.9. The molecule has 85 heavy (non-hydrogen) atoms. The Kier molecular flexibility index (Phi) is 18.2. The lowest BCUT2D eigenvalue weighted by atomic mass is 10.0. The lowest BCUT2D eigenvalue weighted by Crippen LogP contribution is -2.55. The summed E-state index contributed by atoms with van der Waals surface area (Å²) >= 11 is 0. The fraction of sp³-hybridized carbons (Fsp3) is 0.508. The standard InChI is InChI=1S/C34H37F4N5O5.C25H29F4N3O5/c1-2-42-27-13-9-8-11-25(27)40-32(42)48-24-17-28-29(44)41-33(31(46)47)18-20(33)10-6-4-3-5-7-12-26(30(45)43(28)19-24)39-23-15-21(34(36,37)38)14-22(35)16-23;26-16-8-15(25(27,28)29)9-17(10-16)30-19-7-5-3-1-2-4-6-14-12-24(14,23(36)37)31-21(34)20-11-18(33)13-32(20)22(19)35/h6,8-11,13-16,20,24,26,28,39H,2-5,7,12,17-19H2,1H3,(H,41,44)(H,46,47);4,6,8-10,14,18-20,30,33H,1-3,5,7,11-13H2,(H,31,34)(H,36,37)/b10-6-;6-4-/t20-,24-,26+,28+,33-;14-,18-,19+,20+,24-/m11/s1. The van der Waals surface area contributed by atoms with Crippen LogP contribution in [0.15, 0.2) is 85.0 Å². The summed E-state index contributed by atoms with van der Waals surface area (Å²) in [6.07, 6.45) is 1.87. The number of para-hydroxylation sites is 2. The Labute approximate surface area is 483 Å². The Morgan fingerprint density at radius 3 is 1.65 bits per heavy atom. The number of carboxylic acid groups (broad SMARTS) is 2. The number of alkyl halides is 6. The van der Waals surface area contributed by atoms with Gasteiger partial charge in [0.2, 0.25) is 23.6 Å². The molecule has 0 unspecified atom stereocenters. The zero-order valence-electron chi connectivity index (χ0n) is 46.2. The number of amides is 4. The van der Waals surface area contributed by atoms with Crippen LogP contribution in [0.1, 0.15) is 108 Å². The van der Waals surface area contributed by atoms with E-state index in [1.54, 1.807) is 12.2 Å². The van der Waals surface area contributed by atoms with Gasteiger partial charge in [-0.25, -0.2) is 18.4 Å². The lowest BCUT2D eigenvalue weighted by Gasteiger charge is -2.30. The summed E-state index contributed by atoms with van der Waals surface area (Å²) < 4.78 is 117. The molecular formula is C59H66F8N8O10.